The fourth-order valence-corrected chi connectivity index (χ4v) is 1.01. The number of hydrogen-bond acceptors (Lipinski definition) is 1. The standard InChI is InChI=1S/C9H11OP/c10-9-6-2-1-4-8(9)5-3-7-11/h1-4,6-7,10H,5,11H2/b7-3-. The Bertz CT molecular complexity index is 255. The van der Waals surface area contributed by atoms with Gasteiger partial charge in [0.25, 0.3) is 0 Å². The highest BCUT2D eigenvalue weighted by Gasteiger charge is 1.94. The van der Waals surface area contributed by atoms with Crippen LogP contribution in [0.2, 0.25) is 0 Å². The molecule has 0 radical (unpaired) electrons. The molecule has 0 aliphatic rings. The summed E-state index contributed by atoms with van der Waals surface area (Å²) in [6.45, 7) is 0. The van der Waals surface area contributed by atoms with E-state index in [9.17, 15) is 5.11 Å². The highest BCUT2D eigenvalue weighted by molar-refractivity contribution is 7.20. The number of phenolic OH excluding ortho intramolecular Hbond substituents is 1. The minimum Gasteiger partial charge on any atom is -0.508 e. The number of hydrogen-bond donors (Lipinski definition) is 1. The van der Waals surface area contributed by atoms with E-state index in [-0.39, 0.29) is 0 Å². The van der Waals surface area contributed by atoms with Crippen molar-refractivity contribution in [3.63, 3.8) is 0 Å². The molecule has 0 spiro atoms. The SMILES string of the molecule is Oc1ccccc1C/C=C\P. The van der Waals surface area contributed by atoms with Crippen LogP contribution in [0, 0.1) is 0 Å². The van der Waals surface area contributed by atoms with Crippen LogP contribution in [0.4, 0.5) is 0 Å². The van der Waals surface area contributed by atoms with Crippen molar-refractivity contribution in [2.45, 2.75) is 6.42 Å². The topological polar surface area (TPSA) is 20.2 Å². The zero-order chi connectivity index (χ0) is 8.10. The molecule has 1 nitrogen and oxygen atoms in total. The summed E-state index contributed by atoms with van der Waals surface area (Å²) in [5.41, 5.74) is 0.964. The quantitative estimate of drug-likeness (QED) is 0.668. The van der Waals surface area contributed by atoms with Gasteiger partial charge in [-0.2, -0.15) is 0 Å². The van der Waals surface area contributed by atoms with Gasteiger partial charge >= 0.3 is 0 Å². The van der Waals surface area contributed by atoms with Crippen LogP contribution >= 0.6 is 9.24 Å². The van der Waals surface area contributed by atoms with Crippen LogP contribution in [0.25, 0.3) is 0 Å². The van der Waals surface area contributed by atoms with Crippen molar-refractivity contribution < 1.29 is 5.11 Å². The van der Waals surface area contributed by atoms with Gasteiger partial charge in [0.05, 0.1) is 0 Å². The molecule has 1 aromatic carbocycles. The van der Waals surface area contributed by atoms with Crippen molar-refractivity contribution in [2.24, 2.45) is 0 Å². The molecule has 1 atom stereocenters. The number of allylic oxidation sites excluding steroid dienone is 1. The van der Waals surface area contributed by atoms with Crippen molar-refractivity contribution in [2.75, 3.05) is 0 Å². The summed E-state index contributed by atoms with van der Waals surface area (Å²) in [6.07, 6.45) is 2.77. The van der Waals surface area contributed by atoms with E-state index in [1.807, 2.05) is 30.1 Å². The van der Waals surface area contributed by atoms with Crippen molar-refractivity contribution in [3.8, 4) is 5.75 Å². The monoisotopic (exact) mass is 166 g/mol. The first-order chi connectivity index (χ1) is 5.34. The third-order valence-electron chi connectivity index (χ3n) is 1.47. The normalized spacial score (nSPS) is 10.6. The lowest BCUT2D eigenvalue weighted by Gasteiger charge is -1.98. The molecule has 1 rings (SSSR count). The molecule has 1 unspecified atom stereocenters. The van der Waals surface area contributed by atoms with Crippen molar-refractivity contribution in [1.29, 1.82) is 0 Å². The Morgan fingerprint density at radius 2 is 2.09 bits per heavy atom. The van der Waals surface area contributed by atoms with Gasteiger partial charge in [0.2, 0.25) is 0 Å². The summed E-state index contributed by atoms with van der Waals surface area (Å²) < 4.78 is 0. The van der Waals surface area contributed by atoms with Gasteiger partial charge in [0.15, 0.2) is 0 Å². The Morgan fingerprint density at radius 1 is 1.36 bits per heavy atom. The first-order valence-corrected chi connectivity index (χ1v) is 4.15. The van der Waals surface area contributed by atoms with Gasteiger partial charge in [-0.05, 0) is 18.1 Å². The van der Waals surface area contributed by atoms with Gasteiger partial charge in [-0.1, -0.05) is 30.1 Å². The first kappa shape index (κ1) is 8.29. The number of benzene rings is 1. The van der Waals surface area contributed by atoms with Crippen molar-refractivity contribution in [3.05, 3.63) is 41.7 Å². The molecule has 0 aliphatic heterocycles. The van der Waals surface area contributed by atoms with Crippen molar-refractivity contribution in [1.82, 2.24) is 0 Å². The van der Waals surface area contributed by atoms with Gasteiger partial charge in [0.1, 0.15) is 5.75 Å². The minimum absolute atomic E-state index is 0.371. The third kappa shape index (κ3) is 2.36. The van der Waals surface area contributed by atoms with Gasteiger partial charge in [-0.15, -0.1) is 9.24 Å². The molecule has 2 heteroatoms. The highest BCUT2D eigenvalue weighted by Crippen LogP contribution is 2.16. The number of phenols is 1. The van der Waals surface area contributed by atoms with Crippen LogP contribution in [0.1, 0.15) is 5.56 Å². The lowest BCUT2D eigenvalue weighted by Crippen LogP contribution is -1.79. The molecule has 0 fully saturated rings. The van der Waals surface area contributed by atoms with E-state index < -0.39 is 0 Å². The fourth-order valence-electron chi connectivity index (χ4n) is 0.878. The Hall–Kier alpha value is -0.810. The fraction of sp³-hybridized carbons (Fsp3) is 0.111. The Balaban J connectivity index is 2.77. The predicted octanol–water partition coefficient (Wildman–Crippen LogP) is 2.32. The van der Waals surface area contributed by atoms with Crippen LogP contribution in [0.3, 0.4) is 0 Å². The van der Waals surface area contributed by atoms with Gasteiger partial charge in [-0.25, -0.2) is 0 Å². The lowest BCUT2D eigenvalue weighted by atomic mass is 10.1. The molecule has 0 aliphatic carbocycles. The summed E-state index contributed by atoms with van der Waals surface area (Å²) in [7, 11) is 2.50. The maximum Gasteiger partial charge on any atom is 0.119 e. The van der Waals surface area contributed by atoms with Gasteiger partial charge in [-0.3, -0.25) is 0 Å². The Labute approximate surface area is 69.0 Å². The maximum atomic E-state index is 9.30. The molecule has 0 heterocycles. The maximum absolute atomic E-state index is 9.30. The van der Waals surface area contributed by atoms with E-state index >= 15 is 0 Å². The van der Waals surface area contributed by atoms with Crippen LogP contribution < -0.4 is 0 Å². The first-order valence-electron chi connectivity index (χ1n) is 3.48. The van der Waals surface area contributed by atoms with E-state index in [0.717, 1.165) is 12.0 Å². The molecule has 1 N–H and O–H groups in total. The molecule has 0 aromatic heterocycles. The summed E-state index contributed by atoms with van der Waals surface area (Å²) in [5, 5.41) is 9.30. The van der Waals surface area contributed by atoms with E-state index in [1.54, 1.807) is 6.07 Å². The summed E-state index contributed by atoms with van der Waals surface area (Å²) >= 11 is 0. The van der Waals surface area contributed by atoms with E-state index in [0.29, 0.717) is 5.75 Å². The molecule has 58 valence electrons. The number of rotatable bonds is 2. The second-order valence-corrected chi connectivity index (χ2v) is 2.65. The molecule has 0 saturated carbocycles. The minimum atomic E-state index is 0.371. The molecule has 0 bridgehead atoms. The number of aromatic hydroxyl groups is 1. The summed E-state index contributed by atoms with van der Waals surface area (Å²) in [6, 6.07) is 7.36. The second-order valence-electron chi connectivity index (χ2n) is 2.26. The highest BCUT2D eigenvalue weighted by atomic mass is 31.0. The zero-order valence-corrected chi connectivity index (χ0v) is 7.35. The molecular weight excluding hydrogens is 155 g/mol. The smallest absolute Gasteiger partial charge is 0.119 e. The van der Waals surface area contributed by atoms with Crippen LogP contribution in [0.5, 0.6) is 5.75 Å². The molecular formula is C9H11OP. The summed E-state index contributed by atoms with van der Waals surface area (Å²) in [5.74, 6) is 2.27. The second kappa shape index (κ2) is 4.15. The van der Waals surface area contributed by atoms with Gasteiger partial charge in [0, 0.05) is 0 Å². The Kier molecular flexibility index (Phi) is 3.13. The average Bonchev–Trinajstić information content (AvgIpc) is 2.03. The van der Waals surface area contributed by atoms with Gasteiger partial charge < -0.3 is 5.11 Å². The molecule has 1 aromatic rings. The summed E-state index contributed by atoms with van der Waals surface area (Å²) in [4.78, 5) is 0. The van der Waals surface area contributed by atoms with Crippen LogP contribution in [-0.4, -0.2) is 5.11 Å². The average molecular weight is 166 g/mol. The molecule has 0 saturated heterocycles. The van der Waals surface area contributed by atoms with Crippen LogP contribution in [-0.2, 0) is 6.42 Å². The third-order valence-corrected chi connectivity index (χ3v) is 1.74. The predicted molar refractivity (Wildman–Crippen MR) is 50.7 cm³/mol. The van der Waals surface area contributed by atoms with E-state index in [1.165, 1.54) is 0 Å². The van der Waals surface area contributed by atoms with E-state index in [4.69, 9.17) is 0 Å². The largest absolute Gasteiger partial charge is 0.508 e. The number of para-hydroxylation sites is 1. The molecule has 0 amide bonds. The van der Waals surface area contributed by atoms with Crippen molar-refractivity contribution >= 4 is 9.24 Å². The Morgan fingerprint density at radius 3 is 2.73 bits per heavy atom. The zero-order valence-electron chi connectivity index (χ0n) is 6.20. The lowest BCUT2D eigenvalue weighted by molar-refractivity contribution is 0.470. The molecule has 11 heavy (non-hydrogen) atoms. The van der Waals surface area contributed by atoms with Crippen LogP contribution in [0.15, 0.2) is 36.2 Å². The van der Waals surface area contributed by atoms with E-state index in [2.05, 4.69) is 9.24 Å².